The Bertz CT molecular complexity index is 713. The monoisotopic (exact) mass is 312 g/mol. The number of hydrogen-bond donors (Lipinski definition) is 1. The summed E-state index contributed by atoms with van der Waals surface area (Å²) in [5.41, 5.74) is 0.574. The Balaban J connectivity index is 2.09. The van der Waals surface area contributed by atoms with Gasteiger partial charge < -0.3 is 0 Å². The van der Waals surface area contributed by atoms with E-state index in [1.165, 1.54) is 54.7 Å². The fraction of sp³-hybridized carbons (Fsp3) is 0. The molecule has 4 nitrogen and oxygen atoms in total. The van der Waals surface area contributed by atoms with Crippen molar-refractivity contribution in [3.63, 3.8) is 0 Å². The maximum absolute atomic E-state index is 12.7. The number of rotatable bonds is 4. The molecule has 0 amide bonds. The highest BCUT2D eigenvalue weighted by molar-refractivity contribution is 7.89. The average molecular weight is 313 g/mol. The smallest absolute Gasteiger partial charge is 0.207 e. The molecule has 20 heavy (non-hydrogen) atoms. The van der Waals surface area contributed by atoms with Gasteiger partial charge in [0.1, 0.15) is 5.82 Å². The van der Waals surface area contributed by atoms with Crippen molar-refractivity contribution in [2.24, 2.45) is 5.10 Å². The molecule has 2 aromatic rings. The van der Waals surface area contributed by atoms with Crippen LogP contribution in [0.2, 0.25) is 5.02 Å². The zero-order chi connectivity index (χ0) is 14.6. The lowest BCUT2D eigenvalue weighted by molar-refractivity contribution is 0.584. The highest BCUT2D eigenvalue weighted by Crippen LogP contribution is 2.13. The van der Waals surface area contributed by atoms with E-state index < -0.39 is 10.0 Å². The van der Waals surface area contributed by atoms with E-state index in [0.717, 1.165) is 0 Å². The van der Waals surface area contributed by atoms with Crippen LogP contribution in [0.5, 0.6) is 0 Å². The summed E-state index contributed by atoms with van der Waals surface area (Å²) in [6, 6.07) is 11.2. The molecular weight excluding hydrogens is 303 g/mol. The largest absolute Gasteiger partial charge is 0.276 e. The second kappa shape index (κ2) is 6.02. The van der Waals surface area contributed by atoms with Crippen LogP contribution in [0, 0.1) is 5.82 Å². The van der Waals surface area contributed by atoms with Crippen LogP contribution in [0.15, 0.2) is 58.5 Å². The lowest BCUT2D eigenvalue weighted by atomic mass is 10.2. The second-order valence-corrected chi connectivity index (χ2v) is 5.96. The molecule has 0 aliphatic carbocycles. The third-order valence-electron chi connectivity index (χ3n) is 2.38. The molecule has 7 heteroatoms. The fourth-order valence-electron chi connectivity index (χ4n) is 1.39. The third kappa shape index (κ3) is 3.79. The number of halogens is 2. The molecule has 0 spiro atoms. The van der Waals surface area contributed by atoms with E-state index in [2.05, 4.69) is 9.93 Å². The average Bonchev–Trinajstić information content (AvgIpc) is 2.41. The minimum absolute atomic E-state index is 0.0538. The van der Waals surface area contributed by atoms with E-state index in [4.69, 9.17) is 11.6 Å². The topological polar surface area (TPSA) is 58.5 Å². The van der Waals surface area contributed by atoms with Gasteiger partial charge in [0, 0.05) is 5.02 Å². The third-order valence-corrected chi connectivity index (χ3v) is 3.87. The van der Waals surface area contributed by atoms with Crippen molar-refractivity contribution < 1.29 is 12.8 Å². The van der Waals surface area contributed by atoms with Crippen LogP contribution >= 0.6 is 11.6 Å². The molecule has 0 atom stereocenters. The van der Waals surface area contributed by atoms with Crippen molar-refractivity contribution in [2.75, 3.05) is 0 Å². The normalized spacial score (nSPS) is 11.7. The minimum Gasteiger partial charge on any atom is -0.207 e. The van der Waals surface area contributed by atoms with E-state index in [9.17, 15) is 12.8 Å². The quantitative estimate of drug-likeness (QED) is 0.697. The number of sulfonamides is 1. The summed E-state index contributed by atoms with van der Waals surface area (Å²) in [6.07, 6.45) is 1.28. The van der Waals surface area contributed by atoms with E-state index in [1.807, 2.05) is 0 Å². The zero-order valence-electron chi connectivity index (χ0n) is 10.1. The minimum atomic E-state index is -3.74. The number of nitrogens with zero attached hydrogens (tertiary/aromatic N) is 1. The van der Waals surface area contributed by atoms with E-state index in [1.54, 1.807) is 0 Å². The highest BCUT2D eigenvalue weighted by Gasteiger charge is 2.11. The van der Waals surface area contributed by atoms with Gasteiger partial charge in [0.15, 0.2) is 0 Å². The molecule has 0 bridgehead atoms. The zero-order valence-corrected chi connectivity index (χ0v) is 11.7. The predicted octanol–water partition coefficient (Wildman–Crippen LogP) is 2.79. The highest BCUT2D eigenvalue weighted by atomic mass is 35.5. The summed E-state index contributed by atoms with van der Waals surface area (Å²) in [5.74, 6) is -0.371. The van der Waals surface area contributed by atoms with Crippen molar-refractivity contribution in [1.82, 2.24) is 4.83 Å². The number of hydrogen-bond acceptors (Lipinski definition) is 3. The summed E-state index contributed by atoms with van der Waals surface area (Å²) in [6.45, 7) is 0. The van der Waals surface area contributed by atoms with Crippen LogP contribution in [-0.4, -0.2) is 14.6 Å². The molecule has 0 aliphatic heterocycles. The van der Waals surface area contributed by atoms with Crippen LogP contribution in [-0.2, 0) is 10.0 Å². The Morgan fingerprint density at radius 1 is 1.05 bits per heavy atom. The van der Waals surface area contributed by atoms with Crippen LogP contribution < -0.4 is 4.83 Å². The maximum atomic E-state index is 12.7. The van der Waals surface area contributed by atoms with Crippen molar-refractivity contribution in [2.45, 2.75) is 4.90 Å². The molecular formula is C13H10ClFN2O2S. The first kappa shape index (κ1) is 14.5. The van der Waals surface area contributed by atoms with Gasteiger partial charge in [-0.05, 0) is 42.0 Å². The van der Waals surface area contributed by atoms with E-state index >= 15 is 0 Å². The molecule has 0 aliphatic rings. The van der Waals surface area contributed by atoms with E-state index in [0.29, 0.717) is 10.6 Å². The van der Waals surface area contributed by atoms with Gasteiger partial charge in [-0.15, -0.1) is 0 Å². The predicted molar refractivity (Wildman–Crippen MR) is 75.8 cm³/mol. The fourth-order valence-corrected chi connectivity index (χ4v) is 2.30. The Morgan fingerprint density at radius 3 is 2.25 bits per heavy atom. The van der Waals surface area contributed by atoms with Crippen LogP contribution in [0.4, 0.5) is 4.39 Å². The van der Waals surface area contributed by atoms with Crippen LogP contribution in [0.1, 0.15) is 5.56 Å². The molecule has 2 aromatic carbocycles. The summed E-state index contributed by atoms with van der Waals surface area (Å²) in [4.78, 5) is 2.12. The Kier molecular flexibility index (Phi) is 4.36. The first-order valence-electron chi connectivity index (χ1n) is 5.53. The summed E-state index contributed by atoms with van der Waals surface area (Å²) in [5, 5.41) is 4.07. The summed E-state index contributed by atoms with van der Waals surface area (Å²) < 4.78 is 36.4. The molecule has 0 aromatic heterocycles. The first-order chi connectivity index (χ1) is 9.47. The molecule has 1 N–H and O–H groups in total. The van der Waals surface area contributed by atoms with E-state index in [-0.39, 0.29) is 10.7 Å². The molecule has 0 radical (unpaired) electrons. The summed E-state index contributed by atoms with van der Waals surface area (Å²) in [7, 11) is -3.74. The SMILES string of the molecule is O=S(=O)(N/N=C\c1ccc(F)cc1)c1ccc(Cl)cc1. The Morgan fingerprint density at radius 2 is 1.65 bits per heavy atom. The van der Waals surface area contributed by atoms with Gasteiger partial charge in [-0.1, -0.05) is 23.7 Å². The van der Waals surface area contributed by atoms with Crippen molar-refractivity contribution in [3.05, 3.63) is 64.9 Å². The Hall–Kier alpha value is -1.92. The van der Waals surface area contributed by atoms with Gasteiger partial charge >= 0.3 is 0 Å². The number of benzene rings is 2. The molecule has 0 fully saturated rings. The molecule has 0 heterocycles. The molecule has 0 saturated heterocycles. The number of hydrazone groups is 1. The molecule has 104 valence electrons. The van der Waals surface area contributed by atoms with Gasteiger partial charge in [0.05, 0.1) is 11.1 Å². The van der Waals surface area contributed by atoms with Gasteiger partial charge in [0.2, 0.25) is 0 Å². The standard InChI is InChI=1S/C13H10ClFN2O2S/c14-11-3-7-13(8-4-11)20(18,19)17-16-9-10-1-5-12(15)6-2-10/h1-9,17H/b16-9-. The lowest BCUT2D eigenvalue weighted by Gasteiger charge is -2.03. The van der Waals surface area contributed by atoms with Crippen molar-refractivity contribution >= 4 is 27.8 Å². The molecule has 2 rings (SSSR count). The van der Waals surface area contributed by atoms with Gasteiger partial charge in [0.25, 0.3) is 10.0 Å². The van der Waals surface area contributed by atoms with Crippen LogP contribution in [0.25, 0.3) is 0 Å². The van der Waals surface area contributed by atoms with Gasteiger partial charge in [-0.3, -0.25) is 0 Å². The van der Waals surface area contributed by atoms with Gasteiger partial charge in [-0.2, -0.15) is 13.5 Å². The van der Waals surface area contributed by atoms with Gasteiger partial charge in [-0.25, -0.2) is 9.22 Å². The summed E-state index contributed by atoms with van der Waals surface area (Å²) >= 11 is 5.68. The molecule has 0 unspecified atom stereocenters. The molecule has 0 saturated carbocycles. The number of nitrogens with one attached hydrogen (secondary N) is 1. The lowest BCUT2D eigenvalue weighted by Crippen LogP contribution is -2.18. The Labute approximate surface area is 120 Å². The first-order valence-corrected chi connectivity index (χ1v) is 7.39. The maximum Gasteiger partial charge on any atom is 0.276 e. The van der Waals surface area contributed by atoms with Crippen molar-refractivity contribution in [1.29, 1.82) is 0 Å². The van der Waals surface area contributed by atoms with Crippen LogP contribution in [0.3, 0.4) is 0 Å². The van der Waals surface area contributed by atoms with Crippen molar-refractivity contribution in [3.8, 4) is 0 Å². The second-order valence-electron chi connectivity index (χ2n) is 3.86.